The maximum absolute atomic E-state index is 12.9. The van der Waals surface area contributed by atoms with Gasteiger partial charge in [0.25, 0.3) is 0 Å². The molecule has 0 bridgehead atoms. The molecule has 0 radical (unpaired) electrons. The molecule has 1 atom stereocenters. The Kier molecular flexibility index (Phi) is 4.78. The van der Waals surface area contributed by atoms with Crippen LogP contribution in [0.2, 0.25) is 0 Å². The van der Waals surface area contributed by atoms with Crippen molar-refractivity contribution in [2.24, 2.45) is 0 Å². The highest BCUT2D eigenvalue weighted by molar-refractivity contribution is 5.82. The van der Waals surface area contributed by atoms with Crippen LogP contribution in [0.3, 0.4) is 0 Å². The number of hydrogen-bond acceptors (Lipinski definition) is 5. The lowest BCUT2D eigenvalue weighted by molar-refractivity contribution is -0.124. The monoisotopic (exact) mass is 370 g/mol. The third kappa shape index (κ3) is 3.27. The van der Waals surface area contributed by atoms with Gasteiger partial charge in [-0.3, -0.25) is 10.1 Å². The van der Waals surface area contributed by atoms with Crippen molar-refractivity contribution in [3.63, 3.8) is 0 Å². The van der Waals surface area contributed by atoms with E-state index in [1.165, 1.54) is 0 Å². The van der Waals surface area contributed by atoms with Gasteiger partial charge in [0.2, 0.25) is 5.91 Å². The minimum absolute atomic E-state index is 0.000559. The Morgan fingerprint density at radius 1 is 1.30 bits per heavy atom. The van der Waals surface area contributed by atoms with Crippen molar-refractivity contribution in [2.45, 2.75) is 50.2 Å². The zero-order chi connectivity index (χ0) is 18.9. The van der Waals surface area contributed by atoms with Gasteiger partial charge in [-0.25, -0.2) is 4.98 Å². The minimum Gasteiger partial charge on any atom is -0.497 e. The third-order valence-electron chi connectivity index (χ3n) is 5.75. The molecule has 2 aliphatic rings. The van der Waals surface area contributed by atoms with Crippen molar-refractivity contribution >= 4 is 5.91 Å². The number of aromatic amines is 1. The van der Waals surface area contributed by atoms with Crippen LogP contribution in [-0.4, -0.2) is 36.1 Å². The molecule has 0 saturated heterocycles. The lowest BCUT2D eigenvalue weighted by Crippen LogP contribution is -2.57. The normalized spacial score (nSPS) is 20.3. The lowest BCUT2D eigenvalue weighted by Gasteiger charge is -2.38. The van der Waals surface area contributed by atoms with Gasteiger partial charge in [0.05, 0.1) is 37.8 Å². The van der Waals surface area contributed by atoms with Crippen molar-refractivity contribution in [3.8, 4) is 11.5 Å². The first-order valence-corrected chi connectivity index (χ1v) is 9.44. The first-order valence-electron chi connectivity index (χ1n) is 9.44. The molecule has 1 spiro atoms. The van der Waals surface area contributed by atoms with Crippen LogP contribution in [0, 0.1) is 0 Å². The van der Waals surface area contributed by atoms with Gasteiger partial charge in [-0.15, -0.1) is 0 Å². The zero-order valence-electron chi connectivity index (χ0n) is 15.8. The number of methoxy groups -OCH3 is 2. The summed E-state index contributed by atoms with van der Waals surface area (Å²) in [5.74, 6) is 1.43. The van der Waals surface area contributed by atoms with Crippen LogP contribution in [0.25, 0.3) is 0 Å². The first-order chi connectivity index (χ1) is 13.1. The lowest BCUT2D eigenvalue weighted by atomic mass is 9.84. The molecule has 3 N–H and O–H groups in total. The topological polar surface area (TPSA) is 88.3 Å². The van der Waals surface area contributed by atoms with Crippen LogP contribution in [0.1, 0.15) is 42.6 Å². The van der Waals surface area contributed by atoms with Gasteiger partial charge in [0, 0.05) is 30.3 Å². The van der Waals surface area contributed by atoms with Gasteiger partial charge in [0.15, 0.2) is 0 Å². The van der Waals surface area contributed by atoms with E-state index in [2.05, 4.69) is 20.6 Å². The van der Waals surface area contributed by atoms with Crippen LogP contribution in [-0.2, 0) is 23.3 Å². The summed E-state index contributed by atoms with van der Waals surface area (Å²) in [5.41, 5.74) is 2.94. The standard InChI is InChI=1S/C20H26N4O3/c1-26-14-6-5-13(17(9-14)27-2)11-21-19(25)16-10-15-18(23-12-22-15)20(24-16)7-3-4-8-20/h5-6,9,12,16,24H,3-4,7-8,10-11H2,1-2H3,(H,21,25)(H,22,23)/t16-/m0/s1. The molecule has 27 heavy (non-hydrogen) atoms. The van der Waals surface area contributed by atoms with Gasteiger partial charge in [-0.2, -0.15) is 0 Å². The smallest absolute Gasteiger partial charge is 0.237 e. The molecular formula is C20H26N4O3. The molecule has 4 rings (SSSR count). The maximum Gasteiger partial charge on any atom is 0.237 e. The van der Waals surface area contributed by atoms with E-state index in [0.717, 1.165) is 48.4 Å². The van der Waals surface area contributed by atoms with Crippen LogP contribution in [0.15, 0.2) is 24.5 Å². The summed E-state index contributed by atoms with van der Waals surface area (Å²) in [6.07, 6.45) is 6.76. The summed E-state index contributed by atoms with van der Waals surface area (Å²) >= 11 is 0. The molecule has 1 fully saturated rings. The number of fused-ring (bicyclic) bond motifs is 2. The highest BCUT2D eigenvalue weighted by atomic mass is 16.5. The number of rotatable bonds is 5. The predicted molar refractivity (Wildman–Crippen MR) is 101 cm³/mol. The highest BCUT2D eigenvalue weighted by Crippen LogP contribution is 2.42. The molecule has 7 nitrogen and oxygen atoms in total. The largest absolute Gasteiger partial charge is 0.497 e. The van der Waals surface area contributed by atoms with E-state index in [1.54, 1.807) is 20.5 Å². The number of nitrogens with zero attached hydrogens (tertiary/aromatic N) is 1. The number of aromatic nitrogens is 2. The predicted octanol–water partition coefficient (Wildman–Crippen LogP) is 2.03. The zero-order valence-corrected chi connectivity index (χ0v) is 15.8. The Hall–Kier alpha value is -2.54. The molecule has 7 heteroatoms. The first kappa shape index (κ1) is 17.9. The fraction of sp³-hybridized carbons (Fsp3) is 0.500. The average molecular weight is 370 g/mol. The third-order valence-corrected chi connectivity index (χ3v) is 5.75. The van der Waals surface area contributed by atoms with E-state index in [9.17, 15) is 4.79 Å². The number of carbonyl (C=O) groups is 1. The van der Waals surface area contributed by atoms with Crippen LogP contribution >= 0.6 is 0 Å². The minimum atomic E-state index is -0.264. The quantitative estimate of drug-likeness (QED) is 0.749. The molecule has 1 aromatic carbocycles. The Bertz CT molecular complexity index is 826. The SMILES string of the molecule is COc1ccc(CNC(=O)[C@@H]2Cc3[nH]cnc3C3(CCCC3)N2)c(OC)c1. The van der Waals surface area contributed by atoms with Gasteiger partial charge >= 0.3 is 0 Å². The number of imidazole rings is 1. The number of amides is 1. The maximum atomic E-state index is 12.9. The second kappa shape index (κ2) is 7.23. The van der Waals surface area contributed by atoms with E-state index in [4.69, 9.17) is 9.47 Å². The van der Waals surface area contributed by atoms with E-state index < -0.39 is 0 Å². The van der Waals surface area contributed by atoms with Crippen molar-refractivity contribution in [1.82, 2.24) is 20.6 Å². The molecule has 1 aliphatic carbocycles. The number of benzene rings is 1. The Morgan fingerprint density at radius 2 is 2.11 bits per heavy atom. The van der Waals surface area contributed by atoms with E-state index in [0.29, 0.717) is 18.7 Å². The number of ether oxygens (including phenoxy) is 2. The second-order valence-electron chi connectivity index (χ2n) is 7.32. The molecule has 1 aliphatic heterocycles. The van der Waals surface area contributed by atoms with Crippen LogP contribution < -0.4 is 20.1 Å². The molecule has 1 aromatic heterocycles. The summed E-state index contributed by atoms with van der Waals surface area (Å²) < 4.78 is 10.6. The van der Waals surface area contributed by atoms with Crippen molar-refractivity contribution in [1.29, 1.82) is 0 Å². The summed E-state index contributed by atoms with van der Waals surface area (Å²) in [6.45, 7) is 0.410. The summed E-state index contributed by atoms with van der Waals surface area (Å²) in [4.78, 5) is 20.7. The summed E-state index contributed by atoms with van der Waals surface area (Å²) in [5, 5.41) is 6.66. The molecule has 2 heterocycles. The van der Waals surface area contributed by atoms with E-state index in [1.807, 2.05) is 18.2 Å². The number of H-pyrrole nitrogens is 1. The molecular weight excluding hydrogens is 344 g/mol. The van der Waals surface area contributed by atoms with Gasteiger partial charge in [-0.05, 0) is 25.0 Å². The molecule has 1 saturated carbocycles. The van der Waals surface area contributed by atoms with Crippen molar-refractivity contribution < 1.29 is 14.3 Å². The average Bonchev–Trinajstić information content (AvgIpc) is 3.36. The van der Waals surface area contributed by atoms with Crippen LogP contribution in [0.4, 0.5) is 0 Å². The molecule has 2 aromatic rings. The molecule has 1 amide bonds. The van der Waals surface area contributed by atoms with E-state index >= 15 is 0 Å². The van der Waals surface area contributed by atoms with Crippen molar-refractivity contribution in [2.75, 3.05) is 14.2 Å². The number of hydrogen-bond donors (Lipinski definition) is 3. The number of nitrogens with one attached hydrogen (secondary N) is 3. The number of carbonyl (C=O) groups excluding carboxylic acids is 1. The Morgan fingerprint density at radius 3 is 2.85 bits per heavy atom. The molecule has 0 unspecified atom stereocenters. The fourth-order valence-corrected chi connectivity index (χ4v) is 4.37. The summed E-state index contributed by atoms with van der Waals surface area (Å²) in [7, 11) is 3.24. The van der Waals surface area contributed by atoms with Crippen molar-refractivity contribution in [3.05, 3.63) is 41.5 Å². The van der Waals surface area contributed by atoms with Crippen LogP contribution in [0.5, 0.6) is 11.5 Å². The van der Waals surface area contributed by atoms with Gasteiger partial charge in [0.1, 0.15) is 11.5 Å². The highest BCUT2D eigenvalue weighted by Gasteiger charge is 2.45. The van der Waals surface area contributed by atoms with E-state index in [-0.39, 0.29) is 17.5 Å². The molecule has 144 valence electrons. The van der Waals surface area contributed by atoms with Gasteiger partial charge in [-0.1, -0.05) is 12.8 Å². The van der Waals surface area contributed by atoms with Gasteiger partial charge < -0.3 is 19.8 Å². The second-order valence-corrected chi connectivity index (χ2v) is 7.32. The summed E-state index contributed by atoms with van der Waals surface area (Å²) in [6, 6.07) is 5.34. The fourth-order valence-electron chi connectivity index (χ4n) is 4.37. The Balaban J connectivity index is 1.47. The Labute approximate surface area is 158 Å².